The Morgan fingerprint density at radius 3 is 2.84 bits per heavy atom. The van der Waals surface area contributed by atoms with E-state index in [1.165, 1.54) is 0 Å². The fourth-order valence-corrected chi connectivity index (χ4v) is 3.70. The monoisotopic (exact) mass is 258 g/mol. The van der Waals surface area contributed by atoms with Gasteiger partial charge in [0.05, 0.1) is 0 Å². The molecule has 2 heterocycles. The van der Waals surface area contributed by atoms with E-state index in [1.807, 2.05) is 31.2 Å². The Morgan fingerprint density at radius 2 is 2.16 bits per heavy atom. The van der Waals surface area contributed by atoms with Crippen molar-refractivity contribution < 1.29 is 4.79 Å². The molecule has 19 heavy (non-hydrogen) atoms. The van der Waals surface area contributed by atoms with E-state index in [0.717, 1.165) is 30.8 Å². The van der Waals surface area contributed by atoms with E-state index in [2.05, 4.69) is 24.1 Å². The molecule has 0 bridgehead atoms. The Kier molecular flexibility index (Phi) is 2.90. The van der Waals surface area contributed by atoms with Gasteiger partial charge in [0.25, 0.3) is 5.91 Å². The van der Waals surface area contributed by atoms with Crippen LogP contribution in [0.25, 0.3) is 0 Å². The molecular weight excluding hydrogens is 236 g/mol. The van der Waals surface area contributed by atoms with Crippen molar-refractivity contribution in [1.82, 2.24) is 10.2 Å². The standard InChI is InChI=1S/C16H22N2O/c1-11-5-4-6-12(7-11)15(19)18-10-13-8-17-9-14(13)16(18,2)3/h4-7,13-14,17H,8-10H2,1-3H3. The van der Waals surface area contributed by atoms with Gasteiger partial charge in [0, 0.05) is 30.7 Å². The van der Waals surface area contributed by atoms with Crippen LogP contribution in [0.4, 0.5) is 0 Å². The van der Waals surface area contributed by atoms with Crippen LogP contribution >= 0.6 is 0 Å². The average Bonchev–Trinajstić information content (AvgIpc) is 2.91. The maximum absolute atomic E-state index is 12.8. The molecule has 2 saturated heterocycles. The highest BCUT2D eigenvalue weighted by Crippen LogP contribution is 2.41. The van der Waals surface area contributed by atoms with Gasteiger partial charge < -0.3 is 10.2 Å². The molecule has 102 valence electrons. The third-order valence-electron chi connectivity index (χ3n) is 4.87. The van der Waals surface area contributed by atoms with Gasteiger partial charge in [-0.05, 0) is 44.7 Å². The van der Waals surface area contributed by atoms with Crippen LogP contribution in [0.1, 0.15) is 29.8 Å². The molecule has 1 amide bonds. The summed E-state index contributed by atoms with van der Waals surface area (Å²) in [5.41, 5.74) is 1.92. The minimum absolute atomic E-state index is 0.0466. The molecule has 0 spiro atoms. The average molecular weight is 258 g/mol. The number of nitrogens with one attached hydrogen (secondary N) is 1. The van der Waals surface area contributed by atoms with Gasteiger partial charge in [0.2, 0.25) is 0 Å². The summed E-state index contributed by atoms with van der Waals surface area (Å²) in [5, 5.41) is 3.45. The largest absolute Gasteiger partial charge is 0.333 e. The Hall–Kier alpha value is -1.35. The number of fused-ring (bicyclic) bond motifs is 1. The van der Waals surface area contributed by atoms with Crippen molar-refractivity contribution in [3.8, 4) is 0 Å². The number of nitrogens with zero attached hydrogens (tertiary/aromatic N) is 1. The number of amides is 1. The number of carbonyl (C=O) groups is 1. The van der Waals surface area contributed by atoms with Crippen LogP contribution in [0.15, 0.2) is 24.3 Å². The highest BCUT2D eigenvalue weighted by Gasteiger charge is 2.51. The van der Waals surface area contributed by atoms with E-state index in [0.29, 0.717) is 11.8 Å². The van der Waals surface area contributed by atoms with Gasteiger partial charge >= 0.3 is 0 Å². The molecule has 3 rings (SSSR count). The molecule has 2 fully saturated rings. The number of aryl methyl sites for hydroxylation is 1. The van der Waals surface area contributed by atoms with Gasteiger partial charge in [-0.1, -0.05) is 17.7 Å². The lowest BCUT2D eigenvalue weighted by Crippen LogP contribution is -2.47. The smallest absolute Gasteiger partial charge is 0.254 e. The second-order valence-electron chi connectivity index (χ2n) is 6.46. The molecule has 2 atom stereocenters. The van der Waals surface area contributed by atoms with Crippen molar-refractivity contribution in [2.45, 2.75) is 26.3 Å². The van der Waals surface area contributed by atoms with E-state index < -0.39 is 0 Å². The van der Waals surface area contributed by atoms with E-state index in [-0.39, 0.29) is 11.4 Å². The lowest BCUT2D eigenvalue weighted by molar-refractivity contribution is 0.0603. The summed E-state index contributed by atoms with van der Waals surface area (Å²) in [7, 11) is 0. The van der Waals surface area contributed by atoms with Crippen LogP contribution in [0, 0.1) is 18.8 Å². The second-order valence-corrected chi connectivity index (χ2v) is 6.46. The Bertz CT molecular complexity index is 509. The van der Waals surface area contributed by atoms with Gasteiger partial charge in [-0.3, -0.25) is 4.79 Å². The molecule has 1 aromatic rings. The van der Waals surface area contributed by atoms with Gasteiger partial charge in [-0.25, -0.2) is 0 Å². The lowest BCUT2D eigenvalue weighted by Gasteiger charge is -2.35. The molecule has 1 aromatic carbocycles. The molecule has 3 nitrogen and oxygen atoms in total. The van der Waals surface area contributed by atoms with Gasteiger partial charge in [-0.15, -0.1) is 0 Å². The molecule has 2 aliphatic heterocycles. The molecule has 0 radical (unpaired) electrons. The van der Waals surface area contributed by atoms with Crippen LogP contribution in [0.5, 0.6) is 0 Å². The van der Waals surface area contributed by atoms with Crippen molar-refractivity contribution in [3.05, 3.63) is 35.4 Å². The number of hydrogen-bond donors (Lipinski definition) is 1. The summed E-state index contributed by atoms with van der Waals surface area (Å²) in [6.07, 6.45) is 0. The highest BCUT2D eigenvalue weighted by atomic mass is 16.2. The summed E-state index contributed by atoms with van der Waals surface area (Å²) in [4.78, 5) is 14.8. The normalized spacial score (nSPS) is 28.5. The SMILES string of the molecule is Cc1cccc(C(=O)N2CC3CNCC3C2(C)C)c1. The van der Waals surface area contributed by atoms with Gasteiger partial charge in [0.1, 0.15) is 0 Å². The van der Waals surface area contributed by atoms with Crippen molar-refractivity contribution in [1.29, 1.82) is 0 Å². The summed E-state index contributed by atoms with van der Waals surface area (Å²) in [6, 6.07) is 7.92. The summed E-state index contributed by atoms with van der Waals surface area (Å²) >= 11 is 0. The molecule has 3 heteroatoms. The fraction of sp³-hybridized carbons (Fsp3) is 0.562. The van der Waals surface area contributed by atoms with E-state index in [1.54, 1.807) is 0 Å². The zero-order valence-electron chi connectivity index (χ0n) is 11.9. The number of rotatable bonds is 1. The zero-order chi connectivity index (χ0) is 13.6. The first-order valence-electron chi connectivity index (χ1n) is 7.09. The number of benzene rings is 1. The summed E-state index contributed by atoms with van der Waals surface area (Å²) in [5.74, 6) is 1.38. The van der Waals surface area contributed by atoms with Gasteiger partial charge in [-0.2, -0.15) is 0 Å². The third kappa shape index (κ3) is 1.96. The maximum Gasteiger partial charge on any atom is 0.254 e. The Labute approximate surface area is 115 Å². The Morgan fingerprint density at radius 1 is 1.37 bits per heavy atom. The van der Waals surface area contributed by atoms with Crippen LogP contribution in [-0.2, 0) is 0 Å². The first-order valence-corrected chi connectivity index (χ1v) is 7.09. The number of likely N-dealkylation sites (tertiary alicyclic amines) is 1. The summed E-state index contributed by atoms with van der Waals surface area (Å²) < 4.78 is 0. The van der Waals surface area contributed by atoms with Crippen LogP contribution in [-0.4, -0.2) is 36.0 Å². The molecule has 2 unspecified atom stereocenters. The number of carbonyl (C=O) groups excluding carboxylic acids is 1. The first kappa shape index (κ1) is 12.7. The zero-order valence-corrected chi connectivity index (χ0v) is 11.9. The van der Waals surface area contributed by atoms with E-state index >= 15 is 0 Å². The predicted octanol–water partition coefficient (Wildman–Crippen LogP) is 2.07. The topological polar surface area (TPSA) is 32.3 Å². The third-order valence-corrected chi connectivity index (χ3v) is 4.87. The first-order chi connectivity index (χ1) is 9.00. The number of hydrogen-bond acceptors (Lipinski definition) is 2. The highest BCUT2D eigenvalue weighted by molar-refractivity contribution is 5.95. The fourth-order valence-electron chi connectivity index (χ4n) is 3.70. The molecular formula is C16H22N2O. The van der Waals surface area contributed by atoms with E-state index in [9.17, 15) is 4.79 Å². The summed E-state index contributed by atoms with van der Waals surface area (Å²) in [6.45, 7) is 9.42. The van der Waals surface area contributed by atoms with E-state index in [4.69, 9.17) is 0 Å². The van der Waals surface area contributed by atoms with Crippen molar-refractivity contribution >= 4 is 5.91 Å². The molecule has 0 saturated carbocycles. The van der Waals surface area contributed by atoms with Crippen LogP contribution in [0.2, 0.25) is 0 Å². The van der Waals surface area contributed by atoms with Crippen LogP contribution in [0.3, 0.4) is 0 Å². The second kappa shape index (κ2) is 4.34. The van der Waals surface area contributed by atoms with Crippen LogP contribution < -0.4 is 5.32 Å². The lowest BCUT2D eigenvalue weighted by atomic mass is 9.84. The van der Waals surface area contributed by atoms with Crippen molar-refractivity contribution in [3.63, 3.8) is 0 Å². The van der Waals surface area contributed by atoms with Crippen molar-refractivity contribution in [2.75, 3.05) is 19.6 Å². The Balaban J connectivity index is 1.88. The minimum Gasteiger partial charge on any atom is -0.333 e. The van der Waals surface area contributed by atoms with Crippen molar-refractivity contribution in [2.24, 2.45) is 11.8 Å². The molecule has 0 aliphatic carbocycles. The molecule has 0 aromatic heterocycles. The minimum atomic E-state index is -0.0466. The maximum atomic E-state index is 12.8. The molecule has 2 aliphatic rings. The molecule has 1 N–H and O–H groups in total. The van der Waals surface area contributed by atoms with Gasteiger partial charge in [0.15, 0.2) is 0 Å². The quantitative estimate of drug-likeness (QED) is 0.836. The predicted molar refractivity (Wildman–Crippen MR) is 76.1 cm³/mol.